The maximum Gasteiger partial charge on any atom is 0.192 e. The van der Waals surface area contributed by atoms with Crippen molar-refractivity contribution in [1.82, 2.24) is 0 Å². The summed E-state index contributed by atoms with van der Waals surface area (Å²) in [4.78, 5) is 10.7. The molecular formula is C36H46O2P2. The van der Waals surface area contributed by atoms with Crippen LogP contribution in [0.15, 0.2) is 24.3 Å². The Morgan fingerprint density at radius 2 is 1.27 bits per heavy atom. The molecule has 4 saturated carbocycles. The minimum absolute atomic E-state index is 0.118. The summed E-state index contributed by atoms with van der Waals surface area (Å²) in [6.07, 6.45) is 18.6. The van der Waals surface area contributed by atoms with Gasteiger partial charge in [-0.2, -0.15) is 0 Å². The van der Waals surface area contributed by atoms with E-state index < -0.39 is 0 Å². The van der Waals surface area contributed by atoms with Crippen molar-refractivity contribution in [2.45, 2.75) is 116 Å². The van der Waals surface area contributed by atoms with E-state index >= 15 is 0 Å². The molecule has 1 N–H and O–H groups in total. The molecule has 8 rings (SSSR count). The molecule has 0 radical (unpaired) electrons. The van der Waals surface area contributed by atoms with Gasteiger partial charge in [-0.3, -0.25) is 4.57 Å². The van der Waals surface area contributed by atoms with E-state index in [0.717, 1.165) is 47.1 Å². The molecule has 9 atom stereocenters. The smallest absolute Gasteiger partial charge is 0.192 e. The zero-order valence-electron chi connectivity index (χ0n) is 24.5. The highest BCUT2D eigenvalue weighted by Crippen LogP contribution is 2.63. The molecule has 4 heteroatoms. The molecular weight excluding hydrogens is 526 g/mol. The van der Waals surface area contributed by atoms with E-state index in [2.05, 4.69) is 38.1 Å². The summed E-state index contributed by atoms with van der Waals surface area (Å²) >= 11 is 0. The number of benzene rings is 2. The molecule has 4 fully saturated rings. The molecule has 0 bridgehead atoms. The standard InChI is InChI=1S/C36H46O2P2/c1-35-17-3-5-29(35)25-7-9-27-21(23(25)15-19-35)11-13-31(39-37)33(27)34-28-10-8-26-24(22(28)12-14-32(34)40-38)16-20-36(2)18-4-6-30(26)36/h11-14,23-26,29-30,37,39H,3-10,15-20H2,1-2H3/t23?,24?,25?,26?,29?,30?,35-,36-/m0/s1. The molecule has 6 aliphatic carbocycles. The summed E-state index contributed by atoms with van der Waals surface area (Å²) in [5, 5.41) is 2.02. The predicted octanol–water partition coefficient (Wildman–Crippen LogP) is 8.97. The summed E-state index contributed by atoms with van der Waals surface area (Å²) in [5.74, 6) is 4.69. The van der Waals surface area contributed by atoms with Gasteiger partial charge in [-0.1, -0.05) is 44.9 Å². The fourth-order valence-electron chi connectivity index (χ4n) is 12.0. The van der Waals surface area contributed by atoms with Gasteiger partial charge in [0.05, 0.1) is 5.30 Å². The molecule has 0 amide bonds. The van der Waals surface area contributed by atoms with Crippen molar-refractivity contribution in [3.8, 4) is 11.1 Å². The Morgan fingerprint density at radius 3 is 1.82 bits per heavy atom. The minimum atomic E-state index is -0.225. The monoisotopic (exact) mass is 572 g/mol. The molecule has 6 aliphatic rings. The van der Waals surface area contributed by atoms with Crippen molar-refractivity contribution in [1.29, 1.82) is 0 Å². The van der Waals surface area contributed by atoms with Gasteiger partial charge < -0.3 is 4.89 Å². The highest BCUT2D eigenvalue weighted by atomic mass is 31.1. The molecule has 0 aromatic heterocycles. The van der Waals surface area contributed by atoms with Crippen molar-refractivity contribution in [2.75, 3.05) is 0 Å². The Hall–Kier alpha value is -1.07. The van der Waals surface area contributed by atoms with E-state index in [1.807, 2.05) is 0 Å². The lowest BCUT2D eigenvalue weighted by Gasteiger charge is -2.50. The predicted molar refractivity (Wildman–Crippen MR) is 168 cm³/mol. The van der Waals surface area contributed by atoms with Crippen LogP contribution >= 0.6 is 17.3 Å². The van der Waals surface area contributed by atoms with Gasteiger partial charge in [0.25, 0.3) is 0 Å². The fraction of sp³-hybridized carbons (Fsp3) is 0.667. The lowest BCUT2D eigenvalue weighted by Crippen LogP contribution is -2.40. The zero-order valence-corrected chi connectivity index (χ0v) is 26.4. The Morgan fingerprint density at radius 1 is 0.725 bits per heavy atom. The summed E-state index contributed by atoms with van der Waals surface area (Å²) in [6.45, 7) is 5.17. The summed E-state index contributed by atoms with van der Waals surface area (Å²) in [6, 6.07) is 9.20. The molecule has 2 aromatic carbocycles. The SMILES string of the molecule is C[C@@]12CCCC1C1CCc3c(ccc(P=O)c3-c3c(PO)ccc4c3CCC3C4CC[C@]4(C)CCCC34)C1CC2. The van der Waals surface area contributed by atoms with Gasteiger partial charge in [-0.05, 0) is 157 Å². The average Bonchev–Trinajstić information content (AvgIpc) is 3.58. The average molecular weight is 573 g/mol. The third kappa shape index (κ3) is 3.74. The van der Waals surface area contributed by atoms with Crippen molar-refractivity contribution in [3.63, 3.8) is 0 Å². The topological polar surface area (TPSA) is 37.3 Å². The number of fused-ring (bicyclic) bond motifs is 10. The fourth-order valence-corrected chi connectivity index (χ4v) is 13.1. The first kappa shape index (κ1) is 26.5. The van der Waals surface area contributed by atoms with Crippen LogP contribution in [0.2, 0.25) is 0 Å². The molecule has 7 unspecified atom stereocenters. The Labute approximate surface area is 244 Å². The Balaban J connectivity index is 1.26. The van der Waals surface area contributed by atoms with E-state index in [0.29, 0.717) is 22.7 Å². The molecule has 2 nitrogen and oxygen atoms in total. The first-order chi connectivity index (χ1) is 19.5. The molecule has 0 saturated heterocycles. The maximum atomic E-state index is 12.8. The second-order valence-electron chi connectivity index (χ2n) is 15.3. The van der Waals surface area contributed by atoms with E-state index in [4.69, 9.17) is 0 Å². The first-order valence-electron chi connectivity index (χ1n) is 16.5. The molecule has 40 heavy (non-hydrogen) atoms. The van der Waals surface area contributed by atoms with Crippen LogP contribution in [0.4, 0.5) is 0 Å². The van der Waals surface area contributed by atoms with E-state index in [1.54, 1.807) is 11.1 Å². The van der Waals surface area contributed by atoms with Gasteiger partial charge in [0.1, 0.15) is 0 Å². The van der Waals surface area contributed by atoms with Gasteiger partial charge in [-0.25, -0.2) is 0 Å². The van der Waals surface area contributed by atoms with Crippen LogP contribution in [0.3, 0.4) is 0 Å². The van der Waals surface area contributed by atoms with Crippen molar-refractivity contribution < 1.29 is 9.46 Å². The lowest BCUT2D eigenvalue weighted by molar-refractivity contribution is 0.0597. The highest BCUT2D eigenvalue weighted by molar-refractivity contribution is 7.41. The van der Waals surface area contributed by atoms with Crippen LogP contribution in [0.1, 0.15) is 125 Å². The number of rotatable bonds is 3. The van der Waals surface area contributed by atoms with E-state index in [1.165, 1.54) is 99.3 Å². The van der Waals surface area contributed by atoms with E-state index in [-0.39, 0.29) is 17.3 Å². The van der Waals surface area contributed by atoms with Crippen LogP contribution < -0.4 is 10.6 Å². The van der Waals surface area contributed by atoms with Crippen molar-refractivity contribution >= 4 is 27.9 Å². The summed E-state index contributed by atoms with van der Waals surface area (Å²) in [7, 11) is -0.107. The quantitative estimate of drug-likeness (QED) is 0.373. The number of hydrogen-bond donors (Lipinski definition) is 1. The van der Waals surface area contributed by atoms with Crippen LogP contribution in [0.25, 0.3) is 11.1 Å². The molecule has 0 heterocycles. The molecule has 212 valence electrons. The first-order valence-corrected chi connectivity index (χ1v) is 18.3. The van der Waals surface area contributed by atoms with Gasteiger partial charge >= 0.3 is 0 Å². The van der Waals surface area contributed by atoms with Crippen molar-refractivity contribution in [2.24, 2.45) is 34.5 Å². The Bertz CT molecular complexity index is 1370. The van der Waals surface area contributed by atoms with Gasteiger partial charge in [-0.15, -0.1) is 0 Å². The Kier molecular flexibility index (Phi) is 6.46. The van der Waals surface area contributed by atoms with Gasteiger partial charge in [0, 0.05) is 19.7 Å². The van der Waals surface area contributed by atoms with Crippen LogP contribution in [0, 0.1) is 34.5 Å². The third-order valence-electron chi connectivity index (χ3n) is 13.8. The zero-order chi connectivity index (χ0) is 27.2. The molecule has 2 aromatic rings. The van der Waals surface area contributed by atoms with Crippen molar-refractivity contribution in [3.05, 3.63) is 46.5 Å². The van der Waals surface area contributed by atoms with Crippen LogP contribution in [0.5, 0.6) is 0 Å². The van der Waals surface area contributed by atoms with Crippen LogP contribution in [-0.2, 0) is 17.4 Å². The highest BCUT2D eigenvalue weighted by Gasteiger charge is 2.52. The second kappa shape index (κ2) is 9.73. The lowest BCUT2D eigenvalue weighted by atomic mass is 9.55. The minimum Gasteiger partial charge on any atom is -0.372 e. The second-order valence-corrected chi connectivity index (χ2v) is 16.7. The maximum absolute atomic E-state index is 12.8. The summed E-state index contributed by atoms with van der Waals surface area (Å²) < 4.78 is 12.8. The third-order valence-corrected chi connectivity index (χ3v) is 15.1. The van der Waals surface area contributed by atoms with E-state index in [9.17, 15) is 9.46 Å². The van der Waals surface area contributed by atoms with Gasteiger partial charge in [0.15, 0.2) is 8.46 Å². The summed E-state index contributed by atoms with van der Waals surface area (Å²) in [5.41, 5.74) is 9.76. The normalized spacial score (nSPS) is 39.9. The molecule has 0 aliphatic heterocycles. The number of hydrogen-bond acceptors (Lipinski definition) is 2. The largest absolute Gasteiger partial charge is 0.372 e. The van der Waals surface area contributed by atoms with Gasteiger partial charge in [0.2, 0.25) is 0 Å². The molecule has 0 spiro atoms. The van der Waals surface area contributed by atoms with Crippen LogP contribution in [-0.4, -0.2) is 4.89 Å².